The smallest absolute Gasteiger partial charge is 0.137 e. The van der Waals surface area contributed by atoms with Crippen LogP contribution in [0.4, 0.5) is 0 Å². The molecule has 0 unspecified atom stereocenters. The average molecular weight is 264 g/mol. The molecule has 0 N–H and O–H groups in total. The molecule has 3 rings (SSSR count). The predicted octanol–water partition coefficient (Wildman–Crippen LogP) is 4.74. The van der Waals surface area contributed by atoms with Gasteiger partial charge >= 0.3 is 0 Å². The van der Waals surface area contributed by atoms with Crippen LogP contribution in [0.15, 0.2) is 42.6 Å². The molecule has 2 heterocycles. The van der Waals surface area contributed by atoms with Crippen molar-refractivity contribution in [1.82, 2.24) is 9.38 Å². The number of hydrogen-bond donors (Lipinski definition) is 0. The number of fused-ring (bicyclic) bond motifs is 1. The first-order valence-corrected chi connectivity index (χ1v) is 7.12. The van der Waals surface area contributed by atoms with Crippen molar-refractivity contribution >= 4 is 5.65 Å². The van der Waals surface area contributed by atoms with Gasteiger partial charge in [-0.2, -0.15) is 0 Å². The highest BCUT2D eigenvalue weighted by atomic mass is 15.0. The monoisotopic (exact) mass is 264 g/mol. The Bertz CT molecular complexity index is 749. The fraction of sp³-hybridized carbons (Fsp3) is 0.278. The standard InChI is InChI=1S/C18H20N2/c1-12(2)18-17(15-8-5-13(3)6-9-15)19-16-10-7-14(4)11-20(16)18/h5-12H,1-4H3. The summed E-state index contributed by atoms with van der Waals surface area (Å²) in [6.07, 6.45) is 2.18. The van der Waals surface area contributed by atoms with Crippen LogP contribution in [-0.2, 0) is 0 Å². The zero-order chi connectivity index (χ0) is 14.3. The molecular formula is C18H20N2. The van der Waals surface area contributed by atoms with E-state index in [9.17, 15) is 0 Å². The first-order valence-electron chi connectivity index (χ1n) is 7.12. The van der Waals surface area contributed by atoms with Crippen LogP contribution in [0.25, 0.3) is 16.9 Å². The molecular weight excluding hydrogens is 244 g/mol. The van der Waals surface area contributed by atoms with Gasteiger partial charge in [0.15, 0.2) is 0 Å². The van der Waals surface area contributed by atoms with E-state index >= 15 is 0 Å². The normalized spacial score (nSPS) is 11.4. The van der Waals surface area contributed by atoms with Gasteiger partial charge in [-0.05, 0) is 31.4 Å². The Morgan fingerprint density at radius 2 is 1.55 bits per heavy atom. The minimum Gasteiger partial charge on any atom is -0.303 e. The molecule has 0 fully saturated rings. The lowest BCUT2D eigenvalue weighted by Crippen LogP contribution is -1.97. The first-order chi connectivity index (χ1) is 9.56. The van der Waals surface area contributed by atoms with E-state index in [2.05, 4.69) is 74.7 Å². The van der Waals surface area contributed by atoms with E-state index in [1.54, 1.807) is 0 Å². The van der Waals surface area contributed by atoms with Crippen LogP contribution in [-0.4, -0.2) is 9.38 Å². The molecule has 0 aliphatic carbocycles. The topological polar surface area (TPSA) is 17.3 Å². The van der Waals surface area contributed by atoms with Gasteiger partial charge in [-0.25, -0.2) is 4.98 Å². The molecule has 0 atom stereocenters. The maximum atomic E-state index is 4.84. The van der Waals surface area contributed by atoms with E-state index in [0.29, 0.717) is 5.92 Å². The highest BCUT2D eigenvalue weighted by molar-refractivity contribution is 5.67. The number of nitrogens with zero attached hydrogens (tertiary/aromatic N) is 2. The zero-order valence-corrected chi connectivity index (χ0v) is 12.5. The Hall–Kier alpha value is -2.09. The largest absolute Gasteiger partial charge is 0.303 e. The maximum absolute atomic E-state index is 4.84. The second-order valence-electron chi connectivity index (χ2n) is 5.80. The van der Waals surface area contributed by atoms with Crippen molar-refractivity contribution in [3.05, 3.63) is 59.4 Å². The predicted molar refractivity (Wildman–Crippen MR) is 84.2 cm³/mol. The van der Waals surface area contributed by atoms with Gasteiger partial charge in [-0.1, -0.05) is 49.7 Å². The number of hydrogen-bond acceptors (Lipinski definition) is 1. The molecule has 0 aliphatic heterocycles. The number of rotatable bonds is 2. The summed E-state index contributed by atoms with van der Waals surface area (Å²) in [5.74, 6) is 0.433. The van der Waals surface area contributed by atoms with Crippen LogP contribution in [0.1, 0.15) is 36.6 Å². The minimum atomic E-state index is 0.433. The summed E-state index contributed by atoms with van der Waals surface area (Å²) in [6.45, 7) is 8.68. The molecule has 2 aromatic heterocycles. The van der Waals surface area contributed by atoms with Gasteiger partial charge in [0.05, 0.1) is 11.4 Å². The third kappa shape index (κ3) is 2.11. The van der Waals surface area contributed by atoms with E-state index in [1.165, 1.54) is 22.4 Å². The molecule has 20 heavy (non-hydrogen) atoms. The lowest BCUT2D eigenvalue weighted by molar-refractivity contribution is 0.810. The summed E-state index contributed by atoms with van der Waals surface area (Å²) in [4.78, 5) is 4.84. The lowest BCUT2D eigenvalue weighted by atomic mass is 10.0. The Balaban J connectivity index is 2.29. The quantitative estimate of drug-likeness (QED) is 0.653. The highest BCUT2D eigenvalue weighted by Crippen LogP contribution is 2.30. The second-order valence-corrected chi connectivity index (χ2v) is 5.80. The van der Waals surface area contributed by atoms with Crippen molar-refractivity contribution in [2.45, 2.75) is 33.6 Å². The Kier molecular flexibility index (Phi) is 3.09. The molecule has 0 bridgehead atoms. The van der Waals surface area contributed by atoms with Crippen molar-refractivity contribution in [3.8, 4) is 11.3 Å². The Labute approximate surface area is 120 Å². The molecule has 102 valence electrons. The molecule has 2 nitrogen and oxygen atoms in total. The number of imidazole rings is 1. The third-order valence-corrected chi connectivity index (χ3v) is 3.68. The van der Waals surface area contributed by atoms with Crippen LogP contribution in [0.2, 0.25) is 0 Å². The molecule has 0 amide bonds. The van der Waals surface area contributed by atoms with E-state index in [1.807, 2.05) is 0 Å². The molecule has 1 aromatic carbocycles. The third-order valence-electron chi connectivity index (χ3n) is 3.68. The molecule has 3 aromatic rings. The zero-order valence-electron chi connectivity index (χ0n) is 12.5. The van der Waals surface area contributed by atoms with E-state index in [0.717, 1.165) is 11.3 Å². The first kappa shape index (κ1) is 12.9. The Morgan fingerprint density at radius 1 is 0.900 bits per heavy atom. The van der Waals surface area contributed by atoms with Gasteiger partial charge in [0.25, 0.3) is 0 Å². The van der Waals surface area contributed by atoms with Gasteiger partial charge in [0.2, 0.25) is 0 Å². The molecule has 0 saturated carbocycles. The van der Waals surface area contributed by atoms with Crippen molar-refractivity contribution in [2.75, 3.05) is 0 Å². The Morgan fingerprint density at radius 3 is 2.20 bits per heavy atom. The van der Waals surface area contributed by atoms with Crippen molar-refractivity contribution < 1.29 is 0 Å². The van der Waals surface area contributed by atoms with E-state index < -0.39 is 0 Å². The van der Waals surface area contributed by atoms with Gasteiger partial charge < -0.3 is 4.40 Å². The fourth-order valence-electron chi connectivity index (χ4n) is 2.64. The summed E-state index contributed by atoms with van der Waals surface area (Å²) in [5.41, 5.74) is 7.14. The van der Waals surface area contributed by atoms with Crippen molar-refractivity contribution in [2.24, 2.45) is 0 Å². The fourth-order valence-corrected chi connectivity index (χ4v) is 2.64. The van der Waals surface area contributed by atoms with Crippen molar-refractivity contribution in [1.29, 1.82) is 0 Å². The molecule has 0 saturated heterocycles. The van der Waals surface area contributed by atoms with Crippen molar-refractivity contribution in [3.63, 3.8) is 0 Å². The van der Waals surface area contributed by atoms with Crippen LogP contribution in [0, 0.1) is 13.8 Å². The van der Waals surface area contributed by atoms with Gasteiger partial charge in [-0.3, -0.25) is 0 Å². The van der Waals surface area contributed by atoms with Crippen LogP contribution in [0.3, 0.4) is 0 Å². The number of aromatic nitrogens is 2. The van der Waals surface area contributed by atoms with Crippen LogP contribution in [0.5, 0.6) is 0 Å². The van der Waals surface area contributed by atoms with Crippen LogP contribution >= 0.6 is 0 Å². The van der Waals surface area contributed by atoms with E-state index in [4.69, 9.17) is 4.98 Å². The summed E-state index contributed by atoms with van der Waals surface area (Å²) in [7, 11) is 0. The van der Waals surface area contributed by atoms with Gasteiger partial charge in [0, 0.05) is 11.8 Å². The molecule has 0 aliphatic rings. The lowest BCUT2D eigenvalue weighted by Gasteiger charge is -2.09. The second kappa shape index (κ2) is 4.78. The number of benzene rings is 1. The SMILES string of the molecule is Cc1ccc(-c2nc3ccc(C)cn3c2C(C)C)cc1. The number of aryl methyl sites for hydroxylation is 2. The molecule has 2 heteroatoms. The summed E-state index contributed by atoms with van der Waals surface area (Å²) in [6, 6.07) is 12.8. The summed E-state index contributed by atoms with van der Waals surface area (Å²) < 4.78 is 2.23. The summed E-state index contributed by atoms with van der Waals surface area (Å²) in [5, 5.41) is 0. The summed E-state index contributed by atoms with van der Waals surface area (Å²) >= 11 is 0. The van der Waals surface area contributed by atoms with E-state index in [-0.39, 0.29) is 0 Å². The maximum Gasteiger partial charge on any atom is 0.137 e. The van der Waals surface area contributed by atoms with Crippen LogP contribution < -0.4 is 0 Å². The molecule has 0 radical (unpaired) electrons. The van der Waals surface area contributed by atoms with Gasteiger partial charge in [-0.15, -0.1) is 0 Å². The molecule has 0 spiro atoms. The average Bonchev–Trinajstić information content (AvgIpc) is 2.78. The minimum absolute atomic E-state index is 0.433. The highest BCUT2D eigenvalue weighted by Gasteiger charge is 2.16. The number of pyridine rings is 1. The van der Waals surface area contributed by atoms with Gasteiger partial charge in [0.1, 0.15) is 5.65 Å².